The van der Waals surface area contributed by atoms with Crippen molar-refractivity contribution in [1.29, 1.82) is 0 Å². The Morgan fingerprint density at radius 2 is 2.62 bits per heavy atom. The van der Waals surface area contributed by atoms with E-state index in [1.165, 1.54) is 0 Å². The van der Waals surface area contributed by atoms with E-state index in [1.807, 2.05) is 6.20 Å². The number of hydrogen-bond donors (Lipinski definition) is 0. The quantitative estimate of drug-likeness (QED) is 0.415. The van der Waals surface area contributed by atoms with Gasteiger partial charge in [-0.2, -0.15) is 0 Å². The van der Waals surface area contributed by atoms with Gasteiger partial charge in [0.15, 0.2) is 0 Å². The number of carbonyl (C=O) groups excluding carboxylic acids is 1. The molecule has 1 amide bonds. The van der Waals surface area contributed by atoms with Crippen molar-refractivity contribution < 1.29 is 4.79 Å². The summed E-state index contributed by atoms with van der Waals surface area (Å²) in [6.07, 6.45) is 5.78. The number of nitrogens with zero attached hydrogens (tertiary/aromatic N) is 1. The van der Waals surface area contributed by atoms with E-state index in [4.69, 9.17) is 0 Å². The number of fused-ring (bicyclic) bond motifs is 1. The molecule has 2 aliphatic rings. The van der Waals surface area contributed by atoms with Gasteiger partial charge in [0.05, 0.1) is 0 Å². The highest BCUT2D eigenvalue weighted by atomic mass is 16.2. The third-order valence-corrected chi connectivity index (χ3v) is 1.77. The third kappa shape index (κ3) is 0.312. The van der Waals surface area contributed by atoms with E-state index in [0.29, 0.717) is 6.04 Å². The highest BCUT2D eigenvalue weighted by Gasteiger charge is 2.35. The first-order chi connectivity index (χ1) is 3.88. The van der Waals surface area contributed by atoms with E-state index >= 15 is 0 Å². The van der Waals surface area contributed by atoms with Gasteiger partial charge >= 0.3 is 0 Å². The van der Waals surface area contributed by atoms with E-state index in [0.717, 1.165) is 12.8 Å². The molecule has 2 heterocycles. The van der Waals surface area contributed by atoms with Crippen LogP contribution in [0.4, 0.5) is 0 Å². The van der Waals surface area contributed by atoms with Crippen LogP contribution in [-0.4, -0.2) is 16.8 Å². The van der Waals surface area contributed by atoms with Gasteiger partial charge in [-0.05, 0) is 6.42 Å². The molecule has 0 bridgehead atoms. The number of β-lactam (4-membered cyclic amide) rings is 1. The van der Waals surface area contributed by atoms with Gasteiger partial charge in [-0.1, -0.05) is 6.08 Å². The topological polar surface area (TPSA) is 20.3 Å². The first kappa shape index (κ1) is 4.13. The van der Waals surface area contributed by atoms with Crippen molar-refractivity contribution in [3.8, 4) is 0 Å². The zero-order valence-electron chi connectivity index (χ0n) is 4.50. The van der Waals surface area contributed by atoms with Crippen molar-refractivity contribution >= 4 is 5.91 Å². The summed E-state index contributed by atoms with van der Waals surface area (Å²) in [6.45, 7) is 0. The fourth-order valence-electron chi connectivity index (χ4n) is 1.23. The Kier molecular flexibility index (Phi) is 0.583. The molecule has 1 fully saturated rings. The Morgan fingerprint density at radius 3 is 3.12 bits per heavy atom. The first-order valence-corrected chi connectivity index (χ1v) is 2.86. The number of rotatable bonds is 0. The molecule has 0 spiro atoms. The van der Waals surface area contributed by atoms with Gasteiger partial charge in [0, 0.05) is 18.7 Å². The van der Waals surface area contributed by atoms with Crippen molar-refractivity contribution in [2.45, 2.75) is 18.9 Å². The standard InChI is InChI=1S/C6H7NO/c8-6-4-5-2-1-3-7(5)6/h1,3,5H,2,4H2/t5-/m1/s1. The SMILES string of the molecule is O=C1C[C@H]2CC=CN12. The van der Waals surface area contributed by atoms with Crippen LogP contribution in [0.3, 0.4) is 0 Å². The molecule has 0 aromatic rings. The molecule has 0 radical (unpaired) electrons. The molecule has 0 aromatic carbocycles. The minimum Gasteiger partial charge on any atom is -0.315 e. The van der Waals surface area contributed by atoms with Crippen LogP contribution in [0.5, 0.6) is 0 Å². The van der Waals surface area contributed by atoms with Crippen molar-refractivity contribution in [3.63, 3.8) is 0 Å². The second-order valence-electron chi connectivity index (χ2n) is 2.28. The van der Waals surface area contributed by atoms with Gasteiger partial charge < -0.3 is 4.90 Å². The second kappa shape index (κ2) is 1.13. The van der Waals surface area contributed by atoms with E-state index in [-0.39, 0.29) is 5.91 Å². The Hall–Kier alpha value is -0.790. The molecular weight excluding hydrogens is 102 g/mol. The van der Waals surface area contributed by atoms with Gasteiger partial charge in [-0.25, -0.2) is 0 Å². The lowest BCUT2D eigenvalue weighted by Gasteiger charge is -2.32. The number of hydrogen-bond acceptors (Lipinski definition) is 1. The number of carbonyl (C=O) groups is 1. The molecule has 0 aromatic heterocycles. The van der Waals surface area contributed by atoms with Crippen LogP contribution in [0, 0.1) is 0 Å². The van der Waals surface area contributed by atoms with E-state index in [2.05, 4.69) is 6.08 Å². The third-order valence-electron chi connectivity index (χ3n) is 1.77. The van der Waals surface area contributed by atoms with Crippen LogP contribution < -0.4 is 0 Å². The lowest BCUT2D eigenvalue weighted by molar-refractivity contribution is -0.140. The van der Waals surface area contributed by atoms with E-state index < -0.39 is 0 Å². The maximum absolute atomic E-state index is 10.6. The van der Waals surface area contributed by atoms with Crippen molar-refractivity contribution in [2.75, 3.05) is 0 Å². The Bertz CT molecular complexity index is 162. The predicted molar refractivity (Wildman–Crippen MR) is 29.0 cm³/mol. The molecule has 0 aliphatic carbocycles. The van der Waals surface area contributed by atoms with Crippen molar-refractivity contribution in [1.82, 2.24) is 4.90 Å². The van der Waals surface area contributed by atoms with Gasteiger partial charge in [-0.15, -0.1) is 0 Å². The van der Waals surface area contributed by atoms with E-state index in [9.17, 15) is 4.79 Å². The molecule has 0 N–H and O–H groups in total. The molecule has 0 saturated carbocycles. The van der Waals surface area contributed by atoms with Crippen molar-refractivity contribution in [3.05, 3.63) is 12.3 Å². The summed E-state index contributed by atoms with van der Waals surface area (Å²) >= 11 is 0. The largest absolute Gasteiger partial charge is 0.315 e. The van der Waals surface area contributed by atoms with Crippen LogP contribution in [0.1, 0.15) is 12.8 Å². The molecule has 2 nitrogen and oxygen atoms in total. The van der Waals surface area contributed by atoms with Crippen LogP contribution in [0.15, 0.2) is 12.3 Å². The Labute approximate surface area is 47.8 Å². The summed E-state index contributed by atoms with van der Waals surface area (Å²) in [7, 11) is 0. The predicted octanol–water partition coefficient (Wildman–Crippen LogP) is 0.505. The molecule has 0 unspecified atom stereocenters. The molecule has 2 aliphatic heterocycles. The van der Waals surface area contributed by atoms with Crippen LogP contribution in [0.2, 0.25) is 0 Å². The average Bonchev–Trinajstić information content (AvgIpc) is 2.09. The number of amides is 1. The monoisotopic (exact) mass is 109 g/mol. The average molecular weight is 109 g/mol. The fourth-order valence-corrected chi connectivity index (χ4v) is 1.23. The first-order valence-electron chi connectivity index (χ1n) is 2.86. The van der Waals surface area contributed by atoms with Gasteiger partial charge in [0.1, 0.15) is 0 Å². The highest BCUT2D eigenvalue weighted by Crippen LogP contribution is 2.27. The summed E-state index contributed by atoms with van der Waals surface area (Å²) in [5, 5.41) is 0. The minimum atomic E-state index is 0.281. The Balaban J connectivity index is 2.21. The van der Waals surface area contributed by atoms with Crippen LogP contribution >= 0.6 is 0 Å². The maximum atomic E-state index is 10.6. The maximum Gasteiger partial charge on any atom is 0.228 e. The molecule has 42 valence electrons. The summed E-state index contributed by atoms with van der Waals surface area (Å²) in [4.78, 5) is 12.4. The smallest absolute Gasteiger partial charge is 0.228 e. The summed E-state index contributed by atoms with van der Waals surface area (Å²) in [5.41, 5.74) is 0. The normalized spacial score (nSPS) is 32.8. The molecule has 1 saturated heterocycles. The highest BCUT2D eigenvalue weighted by molar-refractivity contribution is 5.84. The van der Waals surface area contributed by atoms with Gasteiger partial charge in [0.25, 0.3) is 0 Å². The van der Waals surface area contributed by atoms with Crippen LogP contribution in [0.25, 0.3) is 0 Å². The van der Waals surface area contributed by atoms with Crippen LogP contribution in [-0.2, 0) is 4.79 Å². The van der Waals surface area contributed by atoms with E-state index in [1.54, 1.807) is 4.90 Å². The zero-order valence-corrected chi connectivity index (χ0v) is 4.50. The zero-order chi connectivity index (χ0) is 5.56. The Morgan fingerprint density at radius 1 is 1.75 bits per heavy atom. The molecule has 1 atom stereocenters. The summed E-state index contributed by atoms with van der Waals surface area (Å²) < 4.78 is 0. The summed E-state index contributed by atoms with van der Waals surface area (Å²) in [6, 6.07) is 0.544. The molecule has 2 rings (SSSR count). The van der Waals surface area contributed by atoms with Gasteiger partial charge in [-0.3, -0.25) is 4.79 Å². The molecule has 8 heavy (non-hydrogen) atoms. The second-order valence-corrected chi connectivity index (χ2v) is 2.28. The fraction of sp³-hybridized carbons (Fsp3) is 0.500. The lowest BCUT2D eigenvalue weighted by Crippen LogP contribution is -2.45. The summed E-state index contributed by atoms with van der Waals surface area (Å²) in [5.74, 6) is 0.281. The minimum absolute atomic E-state index is 0.281. The van der Waals surface area contributed by atoms with Crippen molar-refractivity contribution in [2.24, 2.45) is 0 Å². The molecule has 2 heteroatoms. The lowest BCUT2D eigenvalue weighted by atomic mass is 10.0. The molecular formula is C6H7NO. The van der Waals surface area contributed by atoms with Gasteiger partial charge in [0.2, 0.25) is 5.91 Å².